The Morgan fingerprint density at radius 2 is 1.92 bits per heavy atom. The second-order valence-corrected chi connectivity index (χ2v) is 6.34. The summed E-state index contributed by atoms with van der Waals surface area (Å²) in [6.45, 7) is 1.56. The lowest BCUT2D eigenvalue weighted by Crippen LogP contribution is -2.43. The van der Waals surface area contributed by atoms with Crippen LogP contribution >= 0.6 is 0 Å². The molecule has 7 nitrogen and oxygen atoms in total. The van der Waals surface area contributed by atoms with Crippen molar-refractivity contribution in [2.45, 2.75) is 39.0 Å². The number of nitro groups is 1. The Hall–Kier alpha value is -2.44. The highest BCUT2D eigenvalue weighted by molar-refractivity contribution is 6.03. The minimum atomic E-state index is -1.01. The summed E-state index contributed by atoms with van der Waals surface area (Å²) in [6, 6.07) is 4.28. The van der Waals surface area contributed by atoms with Crippen LogP contribution in [-0.2, 0) is 4.79 Å². The van der Waals surface area contributed by atoms with Gasteiger partial charge in [-0.05, 0) is 25.0 Å². The SMILES string of the molecule is CNc1ccc(C(=O)C2(C(C)C(=O)O)CCCCC2)cc1[N+](=O)[O-]. The van der Waals surface area contributed by atoms with Crippen molar-refractivity contribution >= 4 is 23.1 Å². The third-order valence-corrected chi connectivity index (χ3v) is 5.12. The van der Waals surface area contributed by atoms with Crippen molar-refractivity contribution in [1.82, 2.24) is 0 Å². The minimum absolute atomic E-state index is 0.183. The molecule has 2 N–H and O–H groups in total. The van der Waals surface area contributed by atoms with Crippen molar-refractivity contribution in [3.8, 4) is 0 Å². The van der Waals surface area contributed by atoms with Gasteiger partial charge in [-0.1, -0.05) is 26.2 Å². The summed E-state index contributed by atoms with van der Waals surface area (Å²) in [5, 5.41) is 23.4. The van der Waals surface area contributed by atoms with E-state index in [0.29, 0.717) is 18.5 Å². The first-order valence-electron chi connectivity index (χ1n) is 8.07. The Kier molecular flexibility index (Phi) is 5.21. The van der Waals surface area contributed by atoms with Gasteiger partial charge in [-0.3, -0.25) is 19.7 Å². The van der Waals surface area contributed by atoms with Gasteiger partial charge in [0.05, 0.1) is 10.8 Å². The van der Waals surface area contributed by atoms with Gasteiger partial charge in [0.25, 0.3) is 5.69 Å². The largest absolute Gasteiger partial charge is 0.481 e. The molecule has 1 aliphatic carbocycles. The predicted octanol–water partition coefficient (Wildman–Crippen LogP) is 3.49. The molecular formula is C17H22N2O5. The van der Waals surface area contributed by atoms with Crippen LogP contribution in [0, 0.1) is 21.4 Å². The number of hydrogen-bond donors (Lipinski definition) is 2. The number of nitrogens with zero attached hydrogens (tertiary/aromatic N) is 1. The first-order chi connectivity index (χ1) is 11.3. The fourth-order valence-electron chi connectivity index (χ4n) is 3.60. The van der Waals surface area contributed by atoms with Crippen molar-refractivity contribution in [3.63, 3.8) is 0 Å². The number of carbonyl (C=O) groups is 2. The standard InChI is InChI=1S/C17H22N2O5/c1-11(16(21)22)17(8-4-3-5-9-17)15(20)12-6-7-13(18-2)14(10-12)19(23)24/h6-7,10-11,18H,3-5,8-9H2,1-2H3,(H,21,22). The van der Waals surface area contributed by atoms with E-state index in [-0.39, 0.29) is 17.0 Å². The predicted molar refractivity (Wildman–Crippen MR) is 89.3 cm³/mol. The molecule has 2 rings (SSSR count). The van der Waals surface area contributed by atoms with Crippen molar-refractivity contribution < 1.29 is 19.6 Å². The molecule has 0 heterocycles. The maximum absolute atomic E-state index is 13.1. The number of nitro benzene ring substituents is 1. The van der Waals surface area contributed by atoms with Gasteiger partial charge >= 0.3 is 5.97 Å². The molecule has 0 aliphatic heterocycles. The molecule has 1 aromatic rings. The Bertz CT molecular complexity index is 665. The van der Waals surface area contributed by atoms with Crippen LogP contribution in [0.25, 0.3) is 0 Å². The van der Waals surface area contributed by atoms with Crippen molar-refractivity contribution in [3.05, 3.63) is 33.9 Å². The summed E-state index contributed by atoms with van der Waals surface area (Å²) < 4.78 is 0. The Morgan fingerprint density at radius 1 is 1.29 bits per heavy atom. The first-order valence-corrected chi connectivity index (χ1v) is 8.07. The molecule has 0 amide bonds. The van der Waals surface area contributed by atoms with E-state index < -0.39 is 22.2 Å². The van der Waals surface area contributed by atoms with E-state index in [1.54, 1.807) is 14.0 Å². The van der Waals surface area contributed by atoms with Crippen LogP contribution < -0.4 is 5.32 Å². The average Bonchev–Trinajstić information content (AvgIpc) is 2.60. The quantitative estimate of drug-likeness (QED) is 0.468. The zero-order chi connectivity index (χ0) is 17.9. The third kappa shape index (κ3) is 3.11. The number of carboxylic acid groups (broad SMARTS) is 1. The zero-order valence-electron chi connectivity index (χ0n) is 13.9. The normalized spacial score (nSPS) is 17.8. The van der Waals surface area contributed by atoms with Crippen molar-refractivity contribution in [2.75, 3.05) is 12.4 Å². The lowest BCUT2D eigenvalue weighted by molar-refractivity contribution is -0.384. The monoisotopic (exact) mass is 334 g/mol. The maximum Gasteiger partial charge on any atom is 0.307 e. The van der Waals surface area contributed by atoms with E-state index >= 15 is 0 Å². The zero-order valence-corrected chi connectivity index (χ0v) is 13.9. The van der Waals surface area contributed by atoms with E-state index in [1.807, 2.05) is 0 Å². The van der Waals surface area contributed by atoms with Gasteiger partial charge in [-0.25, -0.2) is 0 Å². The summed E-state index contributed by atoms with van der Waals surface area (Å²) in [7, 11) is 1.57. The number of rotatable bonds is 6. The van der Waals surface area contributed by atoms with Crippen LogP contribution in [-0.4, -0.2) is 28.8 Å². The summed E-state index contributed by atoms with van der Waals surface area (Å²) in [4.78, 5) is 35.3. The molecule has 0 saturated heterocycles. The Morgan fingerprint density at radius 3 is 2.42 bits per heavy atom. The Labute approximate surface area is 140 Å². The van der Waals surface area contributed by atoms with Crippen LogP contribution in [0.4, 0.5) is 11.4 Å². The third-order valence-electron chi connectivity index (χ3n) is 5.12. The number of Topliss-reactive ketones (excluding diaryl/α,β-unsaturated/α-hetero) is 1. The van der Waals surface area contributed by atoms with Gasteiger partial charge in [-0.2, -0.15) is 0 Å². The molecule has 7 heteroatoms. The smallest absolute Gasteiger partial charge is 0.307 e. The molecule has 0 spiro atoms. The average molecular weight is 334 g/mol. The summed E-state index contributed by atoms with van der Waals surface area (Å²) in [5.74, 6) is -2.14. The van der Waals surface area contributed by atoms with Crippen LogP contribution in [0.5, 0.6) is 0 Å². The highest BCUT2D eigenvalue weighted by Crippen LogP contribution is 2.45. The molecule has 1 unspecified atom stereocenters. The fourth-order valence-corrected chi connectivity index (χ4v) is 3.60. The van der Waals surface area contributed by atoms with Crippen LogP contribution in [0.2, 0.25) is 0 Å². The van der Waals surface area contributed by atoms with E-state index in [4.69, 9.17) is 0 Å². The molecule has 1 aliphatic rings. The molecule has 1 saturated carbocycles. The van der Waals surface area contributed by atoms with Crippen LogP contribution in [0.3, 0.4) is 0 Å². The topological polar surface area (TPSA) is 110 Å². The molecule has 0 radical (unpaired) electrons. The fraction of sp³-hybridized carbons (Fsp3) is 0.529. The molecule has 24 heavy (non-hydrogen) atoms. The molecule has 1 fully saturated rings. The molecule has 0 aromatic heterocycles. The molecule has 0 bridgehead atoms. The van der Waals surface area contributed by atoms with E-state index in [9.17, 15) is 24.8 Å². The molecule has 130 valence electrons. The number of anilines is 1. The first kappa shape index (κ1) is 17.9. The molecule has 1 atom stereocenters. The molecular weight excluding hydrogens is 312 g/mol. The Balaban J connectivity index is 2.49. The van der Waals surface area contributed by atoms with Gasteiger partial charge in [0.2, 0.25) is 0 Å². The van der Waals surface area contributed by atoms with Crippen LogP contribution in [0.1, 0.15) is 49.4 Å². The number of ketones is 1. The summed E-state index contributed by atoms with van der Waals surface area (Å²) >= 11 is 0. The van der Waals surface area contributed by atoms with Gasteiger partial charge < -0.3 is 10.4 Å². The van der Waals surface area contributed by atoms with Crippen molar-refractivity contribution in [1.29, 1.82) is 0 Å². The van der Waals surface area contributed by atoms with Crippen molar-refractivity contribution in [2.24, 2.45) is 11.3 Å². The number of carbonyl (C=O) groups excluding carboxylic acids is 1. The van der Waals surface area contributed by atoms with E-state index in [2.05, 4.69) is 5.32 Å². The number of carboxylic acids is 1. The number of benzene rings is 1. The van der Waals surface area contributed by atoms with E-state index in [1.165, 1.54) is 18.2 Å². The van der Waals surface area contributed by atoms with E-state index in [0.717, 1.165) is 19.3 Å². The molecule has 1 aromatic carbocycles. The minimum Gasteiger partial charge on any atom is -0.481 e. The number of hydrogen-bond acceptors (Lipinski definition) is 5. The second kappa shape index (κ2) is 6.98. The number of aliphatic carboxylic acids is 1. The summed E-state index contributed by atoms with van der Waals surface area (Å²) in [5.41, 5.74) is -0.646. The lowest BCUT2D eigenvalue weighted by atomic mass is 9.62. The highest BCUT2D eigenvalue weighted by Gasteiger charge is 2.47. The lowest BCUT2D eigenvalue weighted by Gasteiger charge is -2.39. The van der Waals surface area contributed by atoms with Crippen LogP contribution in [0.15, 0.2) is 18.2 Å². The van der Waals surface area contributed by atoms with Gasteiger partial charge in [0.1, 0.15) is 5.69 Å². The van der Waals surface area contributed by atoms with Gasteiger partial charge in [0, 0.05) is 24.1 Å². The maximum atomic E-state index is 13.1. The highest BCUT2D eigenvalue weighted by atomic mass is 16.6. The number of nitrogens with one attached hydrogen (secondary N) is 1. The van der Waals surface area contributed by atoms with Gasteiger partial charge in [0.15, 0.2) is 5.78 Å². The summed E-state index contributed by atoms with van der Waals surface area (Å²) in [6.07, 6.45) is 3.56. The van der Waals surface area contributed by atoms with Gasteiger partial charge in [-0.15, -0.1) is 0 Å². The second-order valence-electron chi connectivity index (χ2n) is 6.34.